The van der Waals surface area contributed by atoms with Crippen molar-refractivity contribution in [2.24, 2.45) is 0 Å². The number of benzene rings is 3. The van der Waals surface area contributed by atoms with Gasteiger partial charge in [-0.15, -0.1) is 0 Å². The molecule has 186 valence electrons. The number of amides is 2. The minimum absolute atomic E-state index is 0.0672. The summed E-state index contributed by atoms with van der Waals surface area (Å²) in [5, 5.41) is 5.89. The van der Waals surface area contributed by atoms with E-state index in [4.69, 9.17) is 21.7 Å². The molecule has 0 atom stereocenters. The van der Waals surface area contributed by atoms with Gasteiger partial charge < -0.3 is 24.6 Å². The summed E-state index contributed by atoms with van der Waals surface area (Å²) in [4.78, 5) is 29.5. The number of hydrogen-bond acceptors (Lipinski definition) is 6. The maximum Gasteiger partial charge on any atom is 0.261 e. The summed E-state index contributed by atoms with van der Waals surface area (Å²) >= 11 is 5.32. The van der Waals surface area contributed by atoms with Crippen LogP contribution in [0.5, 0.6) is 11.5 Å². The Morgan fingerprint density at radius 1 is 0.861 bits per heavy atom. The van der Waals surface area contributed by atoms with Crippen molar-refractivity contribution in [3.8, 4) is 11.5 Å². The van der Waals surface area contributed by atoms with Crippen LogP contribution in [0.25, 0.3) is 0 Å². The molecule has 2 N–H and O–H groups in total. The number of piperazine rings is 1. The van der Waals surface area contributed by atoms with Gasteiger partial charge in [-0.1, -0.05) is 18.2 Å². The lowest BCUT2D eigenvalue weighted by Gasteiger charge is -2.36. The molecule has 0 spiro atoms. The Labute approximate surface area is 215 Å². The molecule has 2 amide bonds. The molecule has 0 saturated carbocycles. The number of thiocarbonyl (C=S) groups is 1. The Hall–Kier alpha value is -4.11. The Morgan fingerprint density at radius 2 is 1.56 bits per heavy atom. The van der Waals surface area contributed by atoms with Crippen LogP contribution in [-0.2, 0) is 0 Å². The molecule has 36 heavy (non-hydrogen) atoms. The topological polar surface area (TPSA) is 83.1 Å². The van der Waals surface area contributed by atoms with E-state index in [2.05, 4.69) is 15.5 Å². The van der Waals surface area contributed by atoms with Gasteiger partial charge in [0.15, 0.2) is 5.11 Å². The first kappa shape index (κ1) is 25.0. The van der Waals surface area contributed by atoms with Crippen LogP contribution >= 0.6 is 12.2 Å². The highest BCUT2D eigenvalue weighted by atomic mass is 32.1. The van der Waals surface area contributed by atoms with Gasteiger partial charge in [-0.05, 0) is 60.7 Å². The number of hydrogen-bond donors (Lipinski definition) is 2. The van der Waals surface area contributed by atoms with Gasteiger partial charge >= 0.3 is 0 Å². The first-order chi connectivity index (χ1) is 17.5. The van der Waals surface area contributed by atoms with Gasteiger partial charge in [0.25, 0.3) is 11.8 Å². The SMILES string of the molecule is COc1ccc(C(=O)NC(=S)Nc2ccc(N3CCN(C(=O)c4ccccc4)CC3)cc2)c(OC)c1. The number of anilines is 2. The highest BCUT2D eigenvalue weighted by Gasteiger charge is 2.22. The number of nitrogens with zero attached hydrogens (tertiary/aromatic N) is 2. The van der Waals surface area contributed by atoms with Gasteiger partial charge in [-0.3, -0.25) is 14.9 Å². The first-order valence-corrected chi connectivity index (χ1v) is 11.9. The van der Waals surface area contributed by atoms with Crippen molar-refractivity contribution >= 4 is 40.5 Å². The lowest BCUT2D eigenvalue weighted by molar-refractivity contribution is 0.0746. The Kier molecular flexibility index (Phi) is 8.02. The molecule has 0 bridgehead atoms. The van der Waals surface area contributed by atoms with Crippen LogP contribution in [0.1, 0.15) is 20.7 Å². The van der Waals surface area contributed by atoms with E-state index < -0.39 is 0 Å². The smallest absolute Gasteiger partial charge is 0.261 e. The quantitative estimate of drug-likeness (QED) is 0.494. The van der Waals surface area contributed by atoms with E-state index in [0.717, 1.165) is 30.0 Å². The van der Waals surface area contributed by atoms with Gasteiger partial charge in [0, 0.05) is 49.2 Å². The van der Waals surface area contributed by atoms with Crippen LogP contribution in [0.2, 0.25) is 0 Å². The van der Waals surface area contributed by atoms with Crippen molar-refractivity contribution in [2.45, 2.75) is 0 Å². The van der Waals surface area contributed by atoms with Crippen LogP contribution in [0.3, 0.4) is 0 Å². The third kappa shape index (κ3) is 5.92. The van der Waals surface area contributed by atoms with Gasteiger partial charge in [-0.2, -0.15) is 0 Å². The molecule has 1 heterocycles. The molecule has 9 heteroatoms. The molecule has 3 aromatic rings. The van der Waals surface area contributed by atoms with Gasteiger partial charge in [0.1, 0.15) is 11.5 Å². The number of methoxy groups -OCH3 is 2. The van der Waals surface area contributed by atoms with Gasteiger partial charge in [0.05, 0.1) is 19.8 Å². The maximum absolute atomic E-state index is 12.7. The second-order valence-corrected chi connectivity index (χ2v) is 8.57. The van der Waals surface area contributed by atoms with Gasteiger partial charge in [0.2, 0.25) is 0 Å². The molecule has 0 radical (unpaired) electrons. The molecule has 0 aliphatic carbocycles. The lowest BCUT2D eigenvalue weighted by Crippen LogP contribution is -2.48. The molecule has 1 saturated heterocycles. The van der Waals surface area contributed by atoms with Crippen LogP contribution in [0.15, 0.2) is 72.8 Å². The van der Waals surface area contributed by atoms with Crippen LogP contribution in [0, 0.1) is 0 Å². The van der Waals surface area contributed by atoms with E-state index >= 15 is 0 Å². The van der Waals surface area contributed by atoms with Crippen molar-refractivity contribution in [3.05, 3.63) is 83.9 Å². The second kappa shape index (κ2) is 11.5. The maximum atomic E-state index is 12.7. The largest absolute Gasteiger partial charge is 0.497 e. The van der Waals surface area contributed by atoms with E-state index in [9.17, 15) is 9.59 Å². The van der Waals surface area contributed by atoms with Crippen molar-refractivity contribution in [1.82, 2.24) is 10.2 Å². The average molecular weight is 505 g/mol. The summed E-state index contributed by atoms with van der Waals surface area (Å²) in [7, 11) is 3.04. The normalized spacial score (nSPS) is 13.1. The summed E-state index contributed by atoms with van der Waals surface area (Å²) in [6.07, 6.45) is 0. The predicted octanol–water partition coefficient (Wildman–Crippen LogP) is 3.79. The van der Waals surface area contributed by atoms with E-state index in [0.29, 0.717) is 30.2 Å². The lowest BCUT2D eigenvalue weighted by atomic mass is 10.1. The van der Waals surface area contributed by atoms with Crippen LogP contribution in [-0.4, -0.2) is 62.2 Å². The van der Waals surface area contributed by atoms with E-state index in [1.807, 2.05) is 59.5 Å². The monoisotopic (exact) mass is 504 g/mol. The fourth-order valence-corrected chi connectivity index (χ4v) is 4.22. The van der Waals surface area contributed by atoms with Crippen molar-refractivity contribution in [3.63, 3.8) is 0 Å². The molecule has 0 unspecified atom stereocenters. The average Bonchev–Trinajstić information content (AvgIpc) is 2.93. The zero-order valence-corrected chi connectivity index (χ0v) is 21.0. The summed E-state index contributed by atoms with van der Waals surface area (Å²) in [5.41, 5.74) is 2.88. The number of ether oxygens (including phenoxy) is 2. The summed E-state index contributed by atoms with van der Waals surface area (Å²) in [5.74, 6) is 0.669. The number of carbonyl (C=O) groups excluding carboxylic acids is 2. The Balaban J connectivity index is 1.29. The molecule has 3 aromatic carbocycles. The molecule has 1 aliphatic heterocycles. The number of rotatable bonds is 6. The minimum atomic E-state index is -0.383. The first-order valence-electron chi connectivity index (χ1n) is 11.5. The second-order valence-electron chi connectivity index (χ2n) is 8.17. The summed E-state index contributed by atoms with van der Waals surface area (Å²) < 4.78 is 10.5. The van der Waals surface area contributed by atoms with Crippen molar-refractivity contribution < 1.29 is 19.1 Å². The number of carbonyl (C=O) groups is 2. The molecule has 4 rings (SSSR count). The Morgan fingerprint density at radius 3 is 2.19 bits per heavy atom. The third-order valence-electron chi connectivity index (χ3n) is 5.96. The fourth-order valence-electron chi connectivity index (χ4n) is 4.01. The van der Waals surface area contributed by atoms with Crippen LogP contribution in [0.4, 0.5) is 11.4 Å². The van der Waals surface area contributed by atoms with E-state index in [1.165, 1.54) is 7.11 Å². The molecule has 0 aromatic heterocycles. The highest BCUT2D eigenvalue weighted by Crippen LogP contribution is 2.25. The molecule has 8 nitrogen and oxygen atoms in total. The van der Waals surface area contributed by atoms with Crippen LogP contribution < -0.4 is 25.0 Å². The Bertz CT molecular complexity index is 1230. The number of nitrogens with one attached hydrogen (secondary N) is 2. The summed E-state index contributed by atoms with van der Waals surface area (Å²) in [6, 6.07) is 22.1. The van der Waals surface area contributed by atoms with Crippen molar-refractivity contribution in [2.75, 3.05) is 50.6 Å². The zero-order valence-electron chi connectivity index (χ0n) is 20.2. The van der Waals surface area contributed by atoms with Gasteiger partial charge in [-0.25, -0.2) is 0 Å². The summed E-state index contributed by atoms with van der Waals surface area (Å²) in [6.45, 7) is 2.84. The van der Waals surface area contributed by atoms with E-state index in [-0.39, 0.29) is 16.9 Å². The van der Waals surface area contributed by atoms with Crippen molar-refractivity contribution in [1.29, 1.82) is 0 Å². The fraction of sp³-hybridized carbons (Fsp3) is 0.222. The molecular formula is C27H28N4O4S. The molecular weight excluding hydrogens is 476 g/mol. The highest BCUT2D eigenvalue weighted by molar-refractivity contribution is 7.80. The minimum Gasteiger partial charge on any atom is -0.497 e. The third-order valence-corrected chi connectivity index (χ3v) is 6.16. The molecule has 1 fully saturated rings. The zero-order chi connectivity index (χ0) is 25.5. The predicted molar refractivity (Wildman–Crippen MR) is 144 cm³/mol. The molecule has 1 aliphatic rings. The van der Waals surface area contributed by atoms with E-state index in [1.54, 1.807) is 25.3 Å². The standard InChI is InChI=1S/C27H28N4O4S/c1-34-22-12-13-23(24(18-22)35-2)25(32)29-27(36)28-20-8-10-21(11-9-20)30-14-16-31(17-15-30)26(33)19-6-4-3-5-7-19/h3-13,18H,14-17H2,1-2H3,(H2,28,29,32,36).